The second kappa shape index (κ2) is 7.26. The Morgan fingerprint density at radius 3 is 2.71 bits per heavy atom. The molecule has 0 heterocycles. The van der Waals surface area contributed by atoms with Crippen molar-refractivity contribution < 1.29 is 0 Å². The molecule has 2 heteroatoms. The zero-order valence-corrected chi connectivity index (χ0v) is 13.7. The number of hydrogen-bond donors (Lipinski definition) is 0. The van der Waals surface area contributed by atoms with Crippen LogP contribution in [-0.2, 0) is 0 Å². The number of nitrogens with zero attached hydrogens (tertiary/aromatic N) is 2. The topological polar surface area (TPSA) is 15.6 Å². The number of aliphatic imine (C=N–C) groups is 1. The summed E-state index contributed by atoms with van der Waals surface area (Å²) in [5.41, 5.74) is 6.58. The Balaban J connectivity index is 2.35. The van der Waals surface area contributed by atoms with Crippen molar-refractivity contribution in [3.05, 3.63) is 47.1 Å². The minimum Gasteiger partial charge on any atom is -0.378 e. The molecule has 0 radical (unpaired) electrons. The van der Waals surface area contributed by atoms with Crippen LogP contribution < -0.4 is 4.90 Å². The van der Waals surface area contributed by atoms with Crippen molar-refractivity contribution in [1.82, 2.24) is 0 Å². The van der Waals surface area contributed by atoms with Crippen LogP contribution in [0.3, 0.4) is 0 Å². The van der Waals surface area contributed by atoms with E-state index in [4.69, 9.17) is 0 Å². The highest BCUT2D eigenvalue weighted by Crippen LogP contribution is 2.32. The molecule has 0 saturated heterocycles. The molecule has 0 saturated carbocycles. The molecule has 1 aliphatic rings. The highest BCUT2D eigenvalue weighted by atomic mass is 15.1. The van der Waals surface area contributed by atoms with Crippen LogP contribution in [0.2, 0.25) is 0 Å². The number of unbranched alkanes of at least 4 members (excludes halogenated alkanes) is 1. The molecular weight excluding hydrogens is 256 g/mol. The lowest BCUT2D eigenvalue weighted by Gasteiger charge is -2.16. The average molecular weight is 282 g/mol. The van der Waals surface area contributed by atoms with Crippen LogP contribution in [0.4, 0.5) is 5.69 Å². The number of allylic oxidation sites excluding steroid dienone is 4. The molecule has 0 aliphatic heterocycles. The minimum atomic E-state index is 0.915. The van der Waals surface area contributed by atoms with Crippen molar-refractivity contribution in [3.63, 3.8) is 0 Å². The van der Waals surface area contributed by atoms with Gasteiger partial charge in [0.2, 0.25) is 0 Å². The molecule has 2 rings (SSSR count). The summed E-state index contributed by atoms with van der Waals surface area (Å²) < 4.78 is 0. The molecule has 0 spiro atoms. The third-order valence-electron chi connectivity index (χ3n) is 3.91. The third-order valence-corrected chi connectivity index (χ3v) is 3.91. The summed E-state index contributed by atoms with van der Waals surface area (Å²) in [6, 6.07) is 6.67. The summed E-state index contributed by atoms with van der Waals surface area (Å²) in [7, 11) is 4.16. The summed E-state index contributed by atoms with van der Waals surface area (Å²) in [6.45, 7) is 5.31. The lowest BCUT2D eigenvalue weighted by molar-refractivity contribution is 0.810. The van der Waals surface area contributed by atoms with Gasteiger partial charge in [-0.3, -0.25) is 4.99 Å². The number of anilines is 1. The van der Waals surface area contributed by atoms with Crippen LogP contribution in [0, 0.1) is 0 Å². The van der Waals surface area contributed by atoms with Crippen molar-refractivity contribution >= 4 is 17.5 Å². The van der Waals surface area contributed by atoms with Crippen LogP contribution >= 0.6 is 0 Å². The molecule has 21 heavy (non-hydrogen) atoms. The van der Waals surface area contributed by atoms with E-state index >= 15 is 0 Å². The lowest BCUT2D eigenvalue weighted by Crippen LogP contribution is -2.09. The van der Waals surface area contributed by atoms with E-state index in [1.807, 2.05) is 0 Å². The molecule has 1 aromatic rings. The standard InChI is InChI=1S/C19H26N2/c1-5-6-12-20-14-16-13-17(21(3)4)10-11-19(16)18-9-7-8-15(18)2/h7-8,10-11,13-14H,5-6,9,12H2,1-4H3. The van der Waals surface area contributed by atoms with Gasteiger partial charge in [-0.05, 0) is 48.6 Å². The van der Waals surface area contributed by atoms with E-state index < -0.39 is 0 Å². The van der Waals surface area contributed by atoms with Crippen molar-refractivity contribution in [1.29, 1.82) is 0 Å². The van der Waals surface area contributed by atoms with Gasteiger partial charge in [0, 0.05) is 38.1 Å². The third kappa shape index (κ3) is 3.84. The Morgan fingerprint density at radius 1 is 1.29 bits per heavy atom. The largest absolute Gasteiger partial charge is 0.378 e. The van der Waals surface area contributed by atoms with E-state index in [-0.39, 0.29) is 0 Å². The number of hydrogen-bond acceptors (Lipinski definition) is 2. The molecule has 1 aromatic carbocycles. The van der Waals surface area contributed by atoms with Crippen molar-refractivity contribution in [3.8, 4) is 0 Å². The molecule has 112 valence electrons. The molecule has 2 nitrogen and oxygen atoms in total. The summed E-state index contributed by atoms with van der Waals surface area (Å²) in [6.07, 6.45) is 9.88. The molecule has 0 N–H and O–H groups in total. The monoisotopic (exact) mass is 282 g/mol. The first-order valence-corrected chi connectivity index (χ1v) is 7.81. The van der Waals surface area contributed by atoms with Gasteiger partial charge in [-0.15, -0.1) is 0 Å². The smallest absolute Gasteiger partial charge is 0.0389 e. The molecule has 0 amide bonds. The van der Waals surface area contributed by atoms with Gasteiger partial charge in [0.05, 0.1) is 0 Å². The van der Waals surface area contributed by atoms with Gasteiger partial charge in [0.25, 0.3) is 0 Å². The molecule has 1 aliphatic carbocycles. The fourth-order valence-electron chi connectivity index (χ4n) is 2.56. The van der Waals surface area contributed by atoms with Crippen LogP contribution in [0.15, 0.2) is 40.9 Å². The first kappa shape index (κ1) is 15.6. The van der Waals surface area contributed by atoms with E-state index in [0.29, 0.717) is 0 Å². The Kier molecular flexibility index (Phi) is 5.38. The number of rotatable bonds is 6. The molecule has 0 atom stereocenters. The molecule has 0 aromatic heterocycles. The highest BCUT2D eigenvalue weighted by molar-refractivity contribution is 5.91. The maximum Gasteiger partial charge on any atom is 0.0389 e. The number of benzene rings is 1. The van der Waals surface area contributed by atoms with E-state index in [0.717, 1.165) is 19.4 Å². The van der Waals surface area contributed by atoms with Crippen molar-refractivity contribution in [2.24, 2.45) is 4.99 Å². The van der Waals surface area contributed by atoms with E-state index in [1.54, 1.807) is 0 Å². The molecular formula is C19H26N2. The van der Waals surface area contributed by atoms with Crippen LogP contribution in [0.5, 0.6) is 0 Å². The van der Waals surface area contributed by atoms with E-state index in [1.165, 1.54) is 34.4 Å². The summed E-state index contributed by atoms with van der Waals surface area (Å²) in [5, 5.41) is 0. The normalized spacial score (nSPS) is 14.5. The Labute approximate surface area is 128 Å². The van der Waals surface area contributed by atoms with Crippen LogP contribution in [0.1, 0.15) is 44.2 Å². The molecule has 0 fully saturated rings. The van der Waals surface area contributed by atoms with Gasteiger partial charge in [-0.1, -0.05) is 31.6 Å². The van der Waals surface area contributed by atoms with Crippen molar-refractivity contribution in [2.45, 2.75) is 33.1 Å². The first-order chi connectivity index (χ1) is 10.1. The quantitative estimate of drug-likeness (QED) is 0.545. The average Bonchev–Trinajstić information content (AvgIpc) is 2.89. The fourth-order valence-corrected chi connectivity index (χ4v) is 2.56. The zero-order chi connectivity index (χ0) is 15.2. The van der Waals surface area contributed by atoms with E-state index in [9.17, 15) is 0 Å². The maximum atomic E-state index is 4.60. The summed E-state index contributed by atoms with van der Waals surface area (Å²) in [5.74, 6) is 0. The Morgan fingerprint density at radius 2 is 2.10 bits per heavy atom. The second-order valence-electron chi connectivity index (χ2n) is 5.82. The summed E-state index contributed by atoms with van der Waals surface area (Å²) >= 11 is 0. The van der Waals surface area contributed by atoms with E-state index in [2.05, 4.69) is 74.4 Å². The first-order valence-electron chi connectivity index (χ1n) is 7.81. The predicted molar refractivity (Wildman–Crippen MR) is 94.5 cm³/mol. The molecule has 0 bridgehead atoms. The van der Waals surface area contributed by atoms with Gasteiger partial charge in [-0.25, -0.2) is 0 Å². The Bertz CT molecular complexity index is 577. The predicted octanol–water partition coefficient (Wildman–Crippen LogP) is 4.71. The summed E-state index contributed by atoms with van der Waals surface area (Å²) in [4.78, 5) is 6.74. The van der Waals surface area contributed by atoms with Gasteiger partial charge in [0.15, 0.2) is 0 Å². The van der Waals surface area contributed by atoms with Gasteiger partial charge in [-0.2, -0.15) is 0 Å². The lowest BCUT2D eigenvalue weighted by atomic mass is 9.96. The second-order valence-corrected chi connectivity index (χ2v) is 5.82. The van der Waals surface area contributed by atoms with Crippen molar-refractivity contribution in [2.75, 3.05) is 25.5 Å². The fraction of sp³-hybridized carbons (Fsp3) is 0.421. The Hall–Kier alpha value is -1.83. The zero-order valence-electron chi connectivity index (χ0n) is 13.7. The highest BCUT2D eigenvalue weighted by Gasteiger charge is 2.12. The SMILES string of the molecule is CCCCN=Cc1cc(N(C)C)ccc1C1=C(C)C=CC1. The van der Waals surface area contributed by atoms with Crippen LogP contribution in [0.25, 0.3) is 5.57 Å². The van der Waals surface area contributed by atoms with Gasteiger partial charge < -0.3 is 4.90 Å². The van der Waals surface area contributed by atoms with Crippen LogP contribution in [-0.4, -0.2) is 26.9 Å². The minimum absolute atomic E-state index is 0.915. The van der Waals surface area contributed by atoms with Gasteiger partial charge >= 0.3 is 0 Å². The maximum absolute atomic E-state index is 4.60. The molecule has 0 unspecified atom stereocenters. The van der Waals surface area contributed by atoms with Gasteiger partial charge in [0.1, 0.15) is 0 Å².